The van der Waals surface area contributed by atoms with E-state index in [2.05, 4.69) is 26.0 Å². The third-order valence-electron chi connectivity index (χ3n) is 5.25. The first kappa shape index (κ1) is 22.5. The first-order valence-corrected chi connectivity index (χ1v) is 11.4. The maximum Gasteiger partial charge on any atom is 0.311 e. The van der Waals surface area contributed by atoms with E-state index in [1.54, 1.807) is 43.3 Å². The van der Waals surface area contributed by atoms with Gasteiger partial charge in [0.15, 0.2) is 11.5 Å². The Kier molecular flexibility index (Phi) is 5.87. The van der Waals surface area contributed by atoms with E-state index in [1.165, 1.54) is 18.3 Å². The Hall–Kier alpha value is -4.31. The number of nitro groups is 1. The van der Waals surface area contributed by atoms with Gasteiger partial charge in [-0.2, -0.15) is 9.78 Å². The summed E-state index contributed by atoms with van der Waals surface area (Å²) in [6, 6.07) is 18.8. The van der Waals surface area contributed by atoms with E-state index >= 15 is 0 Å². The SMILES string of the molecule is CCOc1ccc(C=Nn2c(-c3cc4cc(Br)ccc4o3)nc3ccccc3c2=O)cc1[N+](=O)[O-]. The van der Waals surface area contributed by atoms with E-state index in [4.69, 9.17) is 9.15 Å². The largest absolute Gasteiger partial charge is 0.487 e. The van der Waals surface area contributed by atoms with Crippen LogP contribution in [-0.4, -0.2) is 27.4 Å². The zero-order valence-electron chi connectivity index (χ0n) is 18.3. The predicted octanol–water partition coefficient (Wildman–Crippen LogP) is 5.76. The minimum absolute atomic E-state index is 0.160. The monoisotopic (exact) mass is 532 g/mol. The summed E-state index contributed by atoms with van der Waals surface area (Å²) in [7, 11) is 0. The fraction of sp³-hybridized carbons (Fsp3) is 0.0800. The van der Waals surface area contributed by atoms with Crippen LogP contribution < -0.4 is 10.3 Å². The lowest BCUT2D eigenvalue weighted by Crippen LogP contribution is -2.20. The standard InChI is InChI=1S/C25H17BrN4O5/c1-2-34-22-9-7-15(11-20(22)30(32)33)14-27-29-24(28-19-6-4-3-5-18(19)25(29)31)23-13-16-12-17(26)8-10-21(16)35-23/h3-14H,2H2,1H3. The third kappa shape index (κ3) is 4.31. The molecule has 0 unspecified atom stereocenters. The van der Waals surface area contributed by atoms with Crippen molar-refractivity contribution in [2.24, 2.45) is 5.10 Å². The molecule has 0 atom stereocenters. The van der Waals surface area contributed by atoms with Crippen LogP contribution in [0.25, 0.3) is 33.5 Å². The van der Waals surface area contributed by atoms with E-state index in [9.17, 15) is 14.9 Å². The van der Waals surface area contributed by atoms with Crippen LogP contribution in [0.3, 0.4) is 0 Å². The maximum absolute atomic E-state index is 13.4. The minimum Gasteiger partial charge on any atom is -0.487 e. The van der Waals surface area contributed by atoms with Gasteiger partial charge in [-0.1, -0.05) is 28.1 Å². The highest BCUT2D eigenvalue weighted by molar-refractivity contribution is 9.10. The molecule has 0 saturated carbocycles. The van der Waals surface area contributed by atoms with Crippen LogP contribution in [0.5, 0.6) is 5.75 Å². The molecule has 0 spiro atoms. The first-order chi connectivity index (χ1) is 16.9. The van der Waals surface area contributed by atoms with Gasteiger partial charge < -0.3 is 9.15 Å². The number of halogens is 1. The normalized spacial score (nSPS) is 11.5. The highest BCUT2D eigenvalue weighted by Gasteiger charge is 2.18. The Morgan fingerprint density at radius 1 is 1.17 bits per heavy atom. The van der Waals surface area contributed by atoms with Crippen LogP contribution in [0.15, 0.2) is 85.5 Å². The minimum atomic E-state index is -0.524. The summed E-state index contributed by atoms with van der Waals surface area (Å²) in [5.74, 6) is 0.724. The number of aromatic nitrogens is 2. The average Bonchev–Trinajstić information content (AvgIpc) is 3.27. The summed E-state index contributed by atoms with van der Waals surface area (Å²) in [6.45, 7) is 2.04. The molecule has 10 heteroatoms. The van der Waals surface area contributed by atoms with Crippen molar-refractivity contribution in [3.05, 3.63) is 97.2 Å². The smallest absolute Gasteiger partial charge is 0.311 e. The number of nitro benzene ring substituents is 1. The average molecular weight is 533 g/mol. The first-order valence-electron chi connectivity index (χ1n) is 10.6. The molecule has 0 fully saturated rings. The Labute approximate surface area is 206 Å². The number of furan rings is 1. The number of para-hydroxylation sites is 1. The van der Waals surface area contributed by atoms with E-state index in [0.717, 1.165) is 14.5 Å². The topological polar surface area (TPSA) is 113 Å². The van der Waals surface area contributed by atoms with Crippen LogP contribution in [-0.2, 0) is 0 Å². The van der Waals surface area contributed by atoms with Gasteiger partial charge in [0.1, 0.15) is 5.58 Å². The number of hydrogen-bond acceptors (Lipinski definition) is 7. The molecule has 2 heterocycles. The Bertz CT molecular complexity index is 1690. The molecule has 174 valence electrons. The van der Waals surface area contributed by atoms with Crippen molar-refractivity contribution in [1.29, 1.82) is 0 Å². The summed E-state index contributed by atoms with van der Waals surface area (Å²) in [5, 5.41) is 17.0. The highest BCUT2D eigenvalue weighted by atomic mass is 79.9. The molecular weight excluding hydrogens is 516 g/mol. The van der Waals surface area contributed by atoms with Gasteiger partial charge in [-0.15, -0.1) is 0 Å². The van der Waals surface area contributed by atoms with Gasteiger partial charge in [-0.25, -0.2) is 4.98 Å². The quantitative estimate of drug-likeness (QED) is 0.156. The van der Waals surface area contributed by atoms with Crippen LogP contribution >= 0.6 is 15.9 Å². The van der Waals surface area contributed by atoms with Gasteiger partial charge in [0, 0.05) is 21.5 Å². The van der Waals surface area contributed by atoms with Gasteiger partial charge in [0.05, 0.1) is 28.6 Å². The zero-order chi connectivity index (χ0) is 24.5. The summed E-state index contributed by atoms with van der Waals surface area (Å²) >= 11 is 3.45. The summed E-state index contributed by atoms with van der Waals surface area (Å²) < 4.78 is 13.3. The van der Waals surface area contributed by atoms with Gasteiger partial charge in [0.2, 0.25) is 5.82 Å². The van der Waals surface area contributed by atoms with Crippen molar-refractivity contribution in [1.82, 2.24) is 9.66 Å². The molecule has 0 N–H and O–H groups in total. The van der Waals surface area contributed by atoms with Crippen molar-refractivity contribution >= 4 is 49.7 Å². The van der Waals surface area contributed by atoms with Crippen LogP contribution in [0.4, 0.5) is 5.69 Å². The van der Waals surface area contributed by atoms with Crippen molar-refractivity contribution in [3.8, 4) is 17.3 Å². The molecule has 0 aliphatic heterocycles. The van der Waals surface area contributed by atoms with Crippen molar-refractivity contribution in [2.45, 2.75) is 6.92 Å². The van der Waals surface area contributed by atoms with E-state index in [-0.39, 0.29) is 17.3 Å². The number of benzene rings is 3. The molecule has 0 aliphatic rings. The molecule has 0 amide bonds. The molecule has 9 nitrogen and oxygen atoms in total. The maximum atomic E-state index is 13.4. The zero-order valence-corrected chi connectivity index (χ0v) is 19.9. The van der Waals surface area contributed by atoms with Gasteiger partial charge in [-0.3, -0.25) is 14.9 Å². The molecule has 0 saturated heterocycles. The van der Waals surface area contributed by atoms with Crippen LogP contribution in [0.1, 0.15) is 12.5 Å². The van der Waals surface area contributed by atoms with Crippen molar-refractivity contribution in [3.63, 3.8) is 0 Å². The second-order valence-corrected chi connectivity index (χ2v) is 8.44. The molecule has 35 heavy (non-hydrogen) atoms. The van der Waals surface area contributed by atoms with E-state index in [0.29, 0.717) is 34.4 Å². The van der Waals surface area contributed by atoms with E-state index < -0.39 is 10.5 Å². The number of nitrogens with zero attached hydrogens (tertiary/aromatic N) is 4. The lowest BCUT2D eigenvalue weighted by molar-refractivity contribution is -0.385. The summed E-state index contributed by atoms with van der Waals surface area (Å²) in [6.07, 6.45) is 1.36. The van der Waals surface area contributed by atoms with Crippen molar-refractivity contribution in [2.75, 3.05) is 6.61 Å². The lowest BCUT2D eigenvalue weighted by Gasteiger charge is -2.07. The number of rotatable bonds is 6. The Morgan fingerprint density at radius 3 is 2.80 bits per heavy atom. The second kappa shape index (κ2) is 9.15. The number of fused-ring (bicyclic) bond motifs is 2. The van der Waals surface area contributed by atoms with E-state index in [1.807, 2.05) is 18.2 Å². The predicted molar refractivity (Wildman–Crippen MR) is 136 cm³/mol. The number of hydrogen-bond donors (Lipinski definition) is 0. The van der Waals surface area contributed by atoms with Gasteiger partial charge in [0.25, 0.3) is 5.56 Å². The summed E-state index contributed by atoms with van der Waals surface area (Å²) in [4.78, 5) is 28.9. The molecule has 5 aromatic rings. The van der Waals surface area contributed by atoms with Gasteiger partial charge >= 0.3 is 5.69 Å². The fourth-order valence-corrected chi connectivity index (χ4v) is 4.05. The Balaban J connectivity index is 1.67. The fourth-order valence-electron chi connectivity index (χ4n) is 3.67. The third-order valence-corrected chi connectivity index (χ3v) is 5.75. The molecule has 5 rings (SSSR count). The van der Waals surface area contributed by atoms with Crippen molar-refractivity contribution < 1.29 is 14.1 Å². The highest BCUT2D eigenvalue weighted by Crippen LogP contribution is 2.30. The molecule has 0 bridgehead atoms. The molecule has 2 aromatic heterocycles. The van der Waals surface area contributed by atoms with Crippen LogP contribution in [0.2, 0.25) is 0 Å². The number of ether oxygens (including phenoxy) is 1. The molecule has 3 aromatic carbocycles. The van der Waals surface area contributed by atoms with Gasteiger partial charge in [-0.05, 0) is 55.5 Å². The molecule has 0 radical (unpaired) electrons. The lowest BCUT2D eigenvalue weighted by atomic mass is 10.2. The molecule has 0 aliphatic carbocycles. The van der Waals surface area contributed by atoms with Crippen LogP contribution in [0, 0.1) is 10.1 Å². The second-order valence-electron chi connectivity index (χ2n) is 7.52. The molecular formula is C25H17BrN4O5. The summed E-state index contributed by atoms with van der Waals surface area (Å²) in [5.41, 5.74) is 0.951. The Morgan fingerprint density at radius 2 is 2.00 bits per heavy atom.